The Kier molecular flexibility index (Phi) is 7.77. The van der Waals surface area contributed by atoms with Gasteiger partial charge in [0.2, 0.25) is 11.8 Å². The molecule has 0 bridgehead atoms. The molecule has 6 nitrogen and oxygen atoms in total. The summed E-state index contributed by atoms with van der Waals surface area (Å²) in [5, 5.41) is 3.16. The second kappa shape index (κ2) is 10.5. The lowest BCUT2D eigenvalue weighted by atomic mass is 10.1. The van der Waals surface area contributed by atoms with E-state index in [1.54, 1.807) is 41.3 Å². The third-order valence-corrected chi connectivity index (χ3v) is 5.50. The highest BCUT2D eigenvalue weighted by atomic mass is 35.5. The minimum absolute atomic E-state index is 0.0963. The van der Waals surface area contributed by atoms with E-state index in [-0.39, 0.29) is 23.4 Å². The van der Waals surface area contributed by atoms with Gasteiger partial charge < -0.3 is 10.2 Å². The molecule has 1 saturated heterocycles. The van der Waals surface area contributed by atoms with Gasteiger partial charge in [-0.2, -0.15) is 0 Å². The van der Waals surface area contributed by atoms with Crippen molar-refractivity contribution in [2.45, 2.75) is 26.4 Å². The van der Waals surface area contributed by atoms with Crippen LogP contribution in [0.3, 0.4) is 0 Å². The van der Waals surface area contributed by atoms with Crippen LogP contribution < -0.4 is 5.32 Å². The summed E-state index contributed by atoms with van der Waals surface area (Å²) in [6, 6.07) is 10.7. The summed E-state index contributed by atoms with van der Waals surface area (Å²) >= 11 is 6.01. The summed E-state index contributed by atoms with van der Waals surface area (Å²) in [6.07, 6.45) is 3.01. The molecule has 8 heteroatoms. The van der Waals surface area contributed by atoms with Gasteiger partial charge in [0.25, 0.3) is 0 Å². The maximum atomic E-state index is 13.1. The highest BCUT2D eigenvalue weighted by Crippen LogP contribution is 2.23. The summed E-state index contributed by atoms with van der Waals surface area (Å²) in [5.74, 6) is -0.918. The minimum Gasteiger partial charge on any atom is -0.327 e. The van der Waals surface area contributed by atoms with Gasteiger partial charge in [-0.3, -0.25) is 19.3 Å². The van der Waals surface area contributed by atoms with Crippen molar-refractivity contribution in [2.24, 2.45) is 0 Å². The van der Waals surface area contributed by atoms with Gasteiger partial charge in [0.1, 0.15) is 11.9 Å². The summed E-state index contributed by atoms with van der Waals surface area (Å²) in [6.45, 7) is 4.84. The molecule has 1 aliphatic heterocycles. The van der Waals surface area contributed by atoms with Crippen LogP contribution in [0, 0.1) is 5.82 Å². The largest absolute Gasteiger partial charge is 0.327 e. The van der Waals surface area contributed by atoms with Gasteiger partial charge in [-0.25, -0.2) is 4.39 Å². The van der Waals surface area contributed by atoms with Gasteiger partial charge in [0.05, 0.1) is 0 Å². The topological polar surface area (TPSA) is 69.7 Å². The Morgan fingerprint density at radius 1 is 1.12 bits per heavy atom. The number of carbonyl (C=O) groups excluding carboxylic acids is 3. The molecule has 1 unspecified atom stereocenters. The number of rotatable bonds is 6. The third-order valence-electron chi connectivity index (χ3n) is 5.27. The Labute approximate surface area is 191 Å². The Balaban J connectivity index is 1.70. The molecule has 0 radical (unpaired) electrons. The van der Waals surface area contributed by atoms with E-state index in [9.17, 15) is 18.8 Å². The van der Waals surface area contributed by atoms with Gasteiger partial charge in [-0.1, -0.05) is 29.8 Å². The first kappa shape index (κ1) is 23.6. The average Bonchev–Trinajstić information content (AvgIpc) is 2.74. The molecule has 0 aliphatic carbocycles. The fraction of sp³-hybridized carbons (Fsp3) is 0.292. The van der Waals surface area contributed by atoms with E-state index in [1.165, 1.54) is 32.1 Å². The van der Waals surface area contributed by atoms with E-state index < -0.39 is 6.04 Å². The van der Waals surface area contributed by atoms with E-state index in [1.807, 2.05) is 0 Å². The molecule has 3 rings (SSSR count). The standard InChI is InChI=1S/C24H25ClFN3O3/c1-16(30)23-15-28(14-18-3-8-21(26)9-4-18)11-12-29(23)24(32)10-6-19-5-7-20(25)13-22(19)27-17(2)31/h3-10,13,23H,11-12,14-15H2,1-2H3,(H,27,31). The number of carbonyl (C=O) groups is 3. The quantitative estimate of drug-likeness (QED) is 0.671. The molecular weight excluding hydrogens is 433 g/mol. The predicted molar refractivity (Wildman–Crippen MR) is 123 cm³/mol. The van der Waals surface area contributed by atoms with Crippen molar-refractivity contribution < 1.29 is 18.8 Å². The van der Waals surface area contributed by atoms with Crippen molar-refractivity contribution in [3.05, 3.63) is 70.5 Å². The molecular formula is C24H25ClFN3O3. The van der Waals surface area contributed by atoms with E-state index in [0.29, 0.717) is 42.5 Å². The van der Waals surface area contributed by atoms with Gasteiger partial charge in [0.15, 0.2) is 5.78 Å². The molecule has 2 amide bonds. The van der Waals surface area contributed by atoms with Crippen molar-refractivity contribution in [2.75, 3.05) is 25.0 Å². The number of hydrogen-bond donors (Lipinski definition) is 1. The number of benzene rings is 2. The summed E-state index contributed by atoms with van der Waals surface area (Å²) in [5.41, 5.74) is 2.08. The molecule has 1 heterocycles. The first-order chi connectivity index (χ1) is 15.2. The first-order valence-electron chi connectivity index (χ1n) is 10.3. The van der Waals surface area contributed by atoms with Crippen LogP contribution in [0.15, 0.2) is 48.5 Å². The Hall–Kier alpha value is -3.03. The number of piperazine rings is 1. The van der Waals surface area contributed by atoms with Gasteiger partial charge in [-0.15, -0.1) is 0 Å². The molecule has 0 saturated carbocycles. The highest BCUT2D eigenvalue weighted by Gasteiger charge is 2.32. The fourth-order valence-electron chi connectivity index (χ4n) is 3.67. The van der Waals surface area contributed by atoms with Crippen LogP contribution in [-0.4, -0.2) is 53.1 Å². The lowest BCUT2D eigenvalue weighted by Gasteiger charge is -2.40. The number of halogens is 2. The smallest absolute Gasteiger partial charge is 0.247 e. The second-order valence-electron chi connectivity index (χ2n) is 7.77. The summed E-state index contributed by atoms with van der Waals surface area (Å²) in [7, 11) is 0. The van der Waals surface area contributed by atoms with Crippen molar-refractivity contribution in [1.82, 2.24) is 9.80 Å². The van der Waals surface area contributed by atoms with Crippen LogP contribution in [0.2, 0.25) is 5.02 Å². The number of nitrogens with one attached hydrogen (secondary N) is 1. The lowest BCUT2D eigenvalue weighted by Crippen LogP contribution is -2.57. The van der Waals surface area contributed by atoms with Crippen LogP contribution in [0.4, 0.5) is 10.1 Å². The normalized spacial score (nSPS) is 16.9. The first-order valence-corrected chi connectivity index (χ1v) is 10.6. The molecule has 1 atom stereocenters. The summed E-state index contributed by atoms with van der Waals surface area (Å²) in [4.78, 5) is 40.3. The van der Waals surface area contributed by atoms with Crippen molar-refractivity contribution in [3.8, 4) is 0 Å². The van der Waals surface area contributed by atoms with E-state index in [4.69, 9.17) is 11.6 Å². The van der Waals surface area contributed by atoms with E-state index in [0.717, 1.165) is 5.56 Å². The molecule has 0 spiro atoms. The van der Waals surface area contributed by atoms with Crippen LogP contribution in [0.5, 0.6) is 0 Å². The third kappa shape index (κ3) is 6.24. The van der Waals surface area contributed by atoms with Crippen LogP contribution in [0.1, 0.15) is 25.0 Å². The number of amides is 2. The number of Topliss-reactive ketones (excluding diaryl/α,β-unsaturated/α-hetero) is 1. The van der Waals surface area contributed by atoms with Gasteiger partial charge >= 0.3 is 0 Å². The van der Waals surface area contributed by atoms with Crippen molar-refractivity contribution in [3.63, 3.8) is 0 Å². The van der Waals surface area contributed by atoms with Crippen molar-refractivity contribution >= 4 is 41.0 Å². The monoisotopic (exact) mass is 457 g/mol. The Morgan fingerprint density at radius 3 is 2.50 bits per heavy atom. The van der Waals surface area contributed by atoms with Gasteiger partial charge in [-0.05, 0) is 48.4 Å². The van der Waals surface area contributed by atoms with Crippen LogP contribution in [0.25, 0.3) is 6.08 Å². The van der Waals surface area contributed by atoms with E-state index >= 15 is 0 Å². The second-order valence-corrected chi connectivity index (χ2v) is 8.20. The molecule has 32 heavy (non-hydrogen) atoms. The predicted octanol–water partition coefficient (Wildman–Crippen LogP) is 3.75. The van der Waals surface area contributed by atoms with Gasteiger partial charge in [0, 0.05) is 49.9 Å². The number of nitrogens with zero attached hydrogens (tertiary/aromatic N) is 2. The summed E-state index contributed by atoms with van der Waals surface area (Å²) < 4.78 is 13.1. The molecule has 2 aromatic rings. The minimum atomic E-state index is -0.568. The zero-order chi connectivity index (χ0) is 23.3. The highest BCUT2D eigenvalue weighted by molar-refractivity contribution is 6.31. The maximum Gasteiger partial charge on any atom is 0.247 e. The SMILES string of the molecule is CC(=O)Nc1cc(Cl)ccc1C=CC(=O)N1CCN(Cc2ccc(F)cc2)CC1C(C)=O. The fourth-order valence-corrected chi connectivity index (χ4v) is 3.84. The maximum absolute atomic E-state index is 13.1. The molecule has 1 N–H and O–H groups in total. The Bertz CT molecular complexity index is 1040. The number of ketones is 1. The molecule has 1 aliphatic rings. The zero-order valence-electron chi connectivity index (χ0n) is 18.0. The average molecular weight is 458 g/mol. The van der Waals surface area contributed by atoms with Crippen molar-refractivity contribution in [1.29, 1.82) is 0 Å². The molecule has 1 fully saturated rings. The van der Waals surface area contributed by atoms with Crippen LogP contribution in [-0.2, 0) is 20.9 Å². The molecule has 2 aromatic carbocycles. The molecule has 0 aromatic heterocycles. The Morgan fingerprint density at radius 2 is 1.84 bits per heavy atom. The number of anilines is 1. The van der Waals surface area contributed by atoms with E-state index in [2.05, 4.69) is 10.2 Å². The number of hydrogen-bond acceptors (Lipinski definition) is 4. The zero-order valence-corrected chi connectivity index (χ0v) is 18.7. The molecule has 168 valence electrons. The lowest BCUT2D eigenvalue weighted by molar-refractivity contribution is -0.138. The van der Waals surface area contributed by atoms with Crippen LogP contribution >= 0.6 is 11.6 Å².